The van der Waals surface area contributed by atoms with Crippen LogP contribution in [0.15, 0.2) is 188 Å². The summed E-state index contributed by atoms with van der Waals surface area (Å²) in [6.07, 6.45) is 0. The van der Waals surface area contributed by atoms with E-state index < -0.39 is 0 Å². The number of hydrogen-bond donors (Lipinski definition) is 0. The molecule has 8 aromatic carbocycles. The first-order chi connectivity index (χ1) is 26.8. The van der Waals surface area contributed by atoms with Crippen LogP contribution in [-0.2, 0) is 10.8 Å². The molecule has 1 heteroatoms. The molecule has 0 unspecified atom stereocenters. The number of anilines is 3. The van der Waals surface area contributed by atoms with Gasteiger partial charge in [-0.1, -0.05) is 167 Å². The molecule has 0 spiro atoms. The molecule has 0 heterocycles. The van der Waals surface area contributed by atoms with E-state index in [1.165, 1.54) is 77.9 Å². The number of fused-ring (bicyclic) bond motifs is 6. The predicted octanol–water partition coefficient (Wildman–Crippen LogP) is 14.8. The molecule has 0 bridgehead atoms. The Morgan fingerprint density at radius 3 is 1.51 bits per heavy atom. The van der Waals surface area contributed by atoms with Gasteiger partial charge in [0.15, 0.2) is 0 Å². The molecule has 0 amide bonds. The highest BCUT2D eigenvalue weighted by molar-refractivity contribution is 5.93. The van der Waals surface area contributed by atoms with E-state index in [1.54, 1.807) is 0 Å². The molecular formula is C54H43N. The van der Waals surface area contributed by atoms with Crippen LogP contribution in [0.5, 0.6) is 0 Å². The third kappa shape index (κ3) is 5.29. The minimum absolute atomic E-state index is 0.102. The Hall–Kier alpha value is -6.44. The molecule has 10 rings (SSSR count). The van der Waals surface area contributed by atoms with Crippen molar-refractivity contribution >= 4 is 17.1 Å². The minimum Gasteiger partial charge on any atom is -0.310 e. The van der Waals surface area contributed by atoms with Crippen molar-refractivity contribution in [1.29, 1.82) is 0 Å². The van der Waals surface area contributed by atoms with Gasteiger partial charge >= 0.3 is 0 Å². The van der Waals surface area contributed by atoms with Crippen LogP contribution >= 0.6 is 0 Å². The van der Waals surface area contributed by atoms with Crippen LogP contribution in [0, 0.1) is 0 Å². The van der Waals surface area contributed by atoms with E-state index in [0.717, 1.165) is 17.1 Å². The van der Waals surface area contributed by atoms with Gasteiger partial charge in [0.2, 0.25) is 0 Å². The standard InChI is InChI=1S/C54H43N/c1-53(2)49-24-13-11-22-44(49)46-31-30-43(35-51(46)53)55(41-28-26-37(27-29-41)36-16-7-5-8-17-36)42-21-15-20-39(32-42)40-33-47(38-18-9-6-10-19-38)52-48(34-40)45-23-12-14-25-50(45)54(52,3)4/h5-35H,1-4H3. The second-order valence-corrected chi connectivity index (χ2v) is 16.2. The fourth-order valence-corrected chi connectivity index (χ4v) is 9.47. The molecule has 1 nitrogen and oxygen atoms in total. The van der Waals surface area contributed by atoms with Gasteiger partial charge in [-0.15, -0.1) is 0 Å². The maximum atomic E-state index is 2.43. The number of hydrogen-bond acceptors (Lipinski definition) is 1. The number of benzene rings is 8. The van der Waals surface area contributed by atoms with Crippen LogP contribution in [-0.4, -0.2) is 0 Å². The number of nitrogens with zero attached hydrogens (tertiary/aromatic N) is 1. The van der Waals surface area contributed by atoms with Gasteiger partial charge in [0.05, 0.1) is 0 Å². The van der Waals surface area contributed by atoms with Crippen LogP contribution in [0.25, 0.3) is 55.6 Å². The van der Waals surface area contributed by atoms with Crippen molar-refractivity contribution in [3.8, 4) is 55.6 Å². The maximum absolute atomic E-state index is 2.43. The highest BCUT2D eigenvalue weighted by Gasteiger charge is 2.38. The third-order valence-electron chi connectivity index (χ3n) is 12.2. The second kappa shape index (κ2) is 12.6. The molecule has 0 aromatic heterocycles. The average molecular weight is 706 g/mol. The molecule has 0 fully saturated rings. The van der Waals surface area contributed by atoms with Gasteiger partial charge in [-0.3, -0.25) is 0 Å². The zero-order valence-corrected chi connectivity index (χ0v) is 31.8. The highest BCUT2D eigenvalue weighted by atomic mass is 15.1. The summed E-state index contributed by atoms with van der Waals surface area (Å²) in [6, 6.07) is 69.5. The van der Waals surface area contributed by atoms with Gasteiger partial charge in [0.1, 0.15) is 0 Å². The summed E-state index contributed by atoms with van der Waals surface area (Å²) in [6.45, 7) is 9.47. The summed E-state index contributed by atoms with van der Waals surface area (Å²) in [4.78, 5) is 2.43. The van der Waals surface area contributed by atoms with Gasteiger partial charge < -0.3 is 4.90 Å². The van der Waals surface area contributed by atoms with Crippen molar-refractivity contribution in [2.24, 2.45) is 0 Å². The first kappa shape index (κ1) is 33.2. The second-order valence-electron chi connectivity index (χ2n) is 16.2. The summed E-state index contributed by atoms with van der Waals surface area (Å²) < 4.78 is 0. The van der Waals surface area contributed by atoms with Crippen LogP contribution in [0.4, 0.5) is 17.1 Å². The molecule has 0 N–H and O–H groups in total. The van der Waals surface area contributed by atoms with E-state index in [-0.39, 0.29) is 10.8 Å². The maximum Gasteiger partial charge on any atom is 0.0467 e. The molecule has 2 aliphatic rings. The van der Waals surface area contributed by atoms with Crippen molar-refractivity contribution in [3.05, 3.63) is 210 Å². The molecule has 0 radical (unpaired) electrons. The summed E-state index contributed by atoms with van der Waals surface area (Å²) in [5.74, 6) is 0. The summed E-state index contributed by atoms with van der Waals surface area (Å²) in [7, 11) is 0. The lowest BCUT2D eigenvalue weighted by Crippen LogP contribution is -2.16. The van der Waals surface area contributed by atoms with Gasteiger partial charge in [-0.05, 0) is 126 Å². The topological polar surface area (TPSA) is 3.24 Å². The number of rotatable bonds is 6. The van der Waals surface area contributed by atoms with E-state index in [9.17, 15) is 0 Å². The molecular weight excluding hydrogens is 663 g/mol. The van der Waals surface area contributed by atoms with E-state index in [0.29, 0.717) is 0 Å². The Morgan fingerprint density at radius 1 is 0.291 bits per heavy atom. The molecule has 0 aliphatic heterocycles. The lowest BCUT2D eigenvalue weighted by atomic mass is 9.78. The van der Waals surface area contributed by atoms with Crippen molar-refractivity contribution in [3.63, 3.8) is 0 Å². The molecule has 264 valence electrons. The Morgan fingerprint density at radius 2 is 0.800 bits per heavy atom. The monoisotopic (exact) mass is 705 g/mol. The van der Waals surface area contributed by atoms with Gasteiger partial charge in [-0.25, -0.2) is 0 Å². The van der Waals surface area contributed by atoms with Gasteiger partial charge in [0.25, 0.3) is 0 Å². The molecule has 8 aromatic rings. The van der Waals surface area contributed by atoms with Gasteiger partial charge in [0, 0.05) is 27.9 Å². The Balaban J connectivity index is 1.15. The molecule has 0 saturated heterocycles. The van der Waals surface area contributed by atoms with E-state index in [4.69, 9.17) is 0 Å². The van der Waals surface area contributed by atoms with Crippen molar-refractivity contribution in [2.45, 2.75) is 38.5 Å². The Bertz CT molecular complexity index is 2740. The lowest BCUT2D eigenvalue weighted by molar-refractivity contribution is 0.660. The molecule has 2 aliphatic carbocycles. The SMILES string of the molecule is CC1(C)c2ccccc2-c2ccc(N(c3ccc(-c4ccccc4)cc3)c3cccc(-c4cc(-c5ccccc5)c5c(c4)-c4ccccc4C5(C)C)c3)cc21. The average Bonchev–Trinajstić information content (AvgIpc) is 3.61. The van der Waals surface area contributed by atoms with Crippen molar-refractivity contribution in [1.82, 2.24) is 0 Å². The fraction of sp³-hybridized carbons (Fsp3) is 0.111. The summed E-state index contributed by atoms with van der Waals surface area (Å²) in [5, 5.41) is 0. The molecule has 55 heavy (non-hydrogen) atoms. The Kier molecular flexibility index (Phi) is 7.58. The normalized spacial score (nSPS) is 14.1. The summed E-state index contributed by atoms with van der Waals surface area (Å²) in [5.41, 5.74) is 21.4. The predicted molar refractivity (Wildman–Crippen MR) is 233 cm³/mol. The van der Waals surface area contributed by atoms with Crippen molar-refractivity contribution < 1.29 is 0 Å². The van der Waals surface area contributed by atoms with Crippen molar-refractivity contribution in [2.75, 3.05) is 4.90 Å². The fourth-order valence-electron chi connectivity index (χ4n) is 9.47. The third-order valence-corrected chi connectivity index (χ3v) is 12.2. The largest absolute Gasteiger partial charge is 0.310 e. The first-order valence-corrected chi connectivity index (χ1v) is 19.4. The van der Waals surface area contributed by atoms with Gasteiger partial charge in [-0.2, -0.15) is 0 Å². The minimum atomic E-state index is -0.110. The van der Waals surface area contributed by atoms with E-state index >= 15 is 0 Å². The smallest absolute Gasteiger partial charge is 0.0467 e. The molecule has 0 saturated carbocycles. The van der Waals surface area contributed by atoms with E-state index in [1.807, 2.05) is 0 Å². The first-order valence-electron chi connectivity index (χ1n) is 19.4. The van der Waals surface area contributed by atoms with Crippen LogP contribution in [0.1, 0.15) is 49.9 Å². The van der Waals surface area contributed by atoms with Crippen LogP contribution in [0.3, 0.4) is 0 Å². The van der Waals surface area contributed by atoms with Crippen LogP contribution < -0.4 is 4.90 Å². The lowest BCUT2D eigenvalue weighted by Gasteiger charge is -2.29. The highest BCUT2D eigenvalue weighted by Crippen LogP contribution is 2.54. The summed E-state index contributed by atoms with van der Waals surface area (Å²) >= 11 is 0. The van der Waals surface area contributed by atoms with Crippen LogP contribution in [0.2, 0.25) is 0 Å². The van der Waals surface area contributed by atoms with E-state index in [2.05, 4.69) is 221 Å². The Labute approximate surface area is 325 Å². The molecule has 0 atom stereocenters. The zero-order chi connectivity index (χ0) is 37.3. The zero-order valence-electron chi connectivity index (χ0n) is 31.8. The quantitative estimate of drug-likeness (QED) is 0.166.